The Bertz CT molecular complexity index is 1170. The third-order valence-electron chi connectivity index (χ3n) is 4.09. The summed E-state index contributed by atoms with van der Waals surface area (Å²) < 4.78 is 7.50. The van der Waals surface area contributed by atoms with Crippen molar-refractivity contribution in [3.05, 3.63) is 75.7 Å². The van der Waals surface area contributed by atoms with E-state index >= 15 is 0 Å². The number of fused-ring (bicyclic) bond motifs is 1. The number of benzene rings is 2. The summed E-state index contributed by atoms with van der Waals surface area (Å²) in [5, 5.41) is 5.22. The van der Waals surface area contributed by atoms with Gasteiger partial charge in [-0.3, -0.25) is 0 Å². The van der Waals surface area contributed by atoms with Crippen LogP contribution in [0.15, 0.2) is 65.1 Å². The van der Waals surface area contributed by atoms with E-state index in [1.807, 2.05) is 42.5 Å². The van der Waals surface area contributed by atoms with Crippen molar-refractivity contribution < 1.29 is 9.53 Å². The molecule has 0 amide bonds. The van der Waals surface area contributed by atoms with Crippen LogP contribution < -0.4 is 0 Å². The number of methoxy groups -OCH3 is 1. The molecule has 2 aromatic heterocycles. The lowest BCUT2D eigenvalue weighted by molar-refractivity contribution is 0.0602. The highest BCUT2D eigenvalue weighted by molar-refractivity contribution is 9.10. The Balaban J connectivity index is 1.99. The average molecular weight is 443 g/mol. The second kappa shape index (κ2) is 7.13. The number of hydrogen-bond acceptors (Lipinski definition) is 4. The third-order valence-corrected chi connectivity index (χ3v) is 4.82. The van der Waals surface area contributed by atoms with E-state index in [0.29, 0.717) is 22.1 Å². The van der Waals surface area contributed by atoms with Gasteiger partial charge >= 0.3 is 5.97 Å². The SMILES string of the molecule is COC(=O)c1ccc(-c2cccc(Br)c2)n2nc(-c3cccc(Cl)c3)nc12. The van der Waals surface area contributed by atoms with Gasteiger partial charge in [0.2, 0.25) is 0 Å². The van der Waals surface area contributed by atoms with E-state index in [-0.39, 0.29) is 0 Å². The van der Waals surface area contributed by atoms with Crippen molar-refractivity contribution in [3.8, 4) is 22.6 Å². The van der Waals surface area contributed by atoms with Gasteiger partial charge in [0.25, 0.3) is 0 Å². The molecule has 2 heterocycles. The summed E-state index contributed by atoms with van der Waals surface area (Å²) in [7, 11) is 1.34. The molecule has 0 atom stereocenters. The topological polar surface area (TPSA) is 56.5 Å². The van der Waals surface area contributed by atoms with Crippen LogP contribution in [0.2, 0.25) is 5.02 Å². The summed E-state index contributed by atoms with van der Waals surface area (Å²) >= 11 is 9.59. The van der Waals surface area contributed by atoms with Crippen molar-refractivity contribution >= 4 is 39.1 Å². The molecule has 0 radical (unpaired) electrons. The molecule has 0 saturated carbocycles. The van der Waals surface area contributed by atoms with E-state index in [2.05, 4.69) is 26.0 Å². The maximum atomic E-state index is 12.2. The van der Waals surface area contributed by atoms with Crippen LogP contribution in [0, 0.1) is 0 Å². The van der Waals surface area contributed by atoms with Crippen molar-refractivity contribution in [2.75, 3.05) is 7.11 Å². The number of rotatable bonds is 3. The normalized spacial score (nSPS) is 10.9. The summed E-state index contributed by atoms with van der Waals surface area (Å²) in [5.41, 5.74) is 3.28. The van der Waals surface area contributed by atoms with E-state index < -0.39 is 5.97 Å². The van der Waals surface area contributed by atoms with Crippen LogP contribution in [-0.2, 0) is 4.74 Å². The molecule has 134 valence electrons. The van der Waals surface area contributed by atoms with Gasteiger partial charge in [-0.05, 0) is 36.4 Å². The summed E-state index contributed by atoms with van der Waals surface area (Å²) in [4.78, 5) is 16.8. The Kier molecular flexibility index (Phi) is 4.68. The Hall–Kier alpha value is -2.70. The predicted octanol–water partition coefficient (Wildman–Crippen LogP) is 5.27. The molecule has 27 heavy (non-hydrogen) atoms. The monoisotopic (exact) mass is 441 g/mol. The quantitative estimate of drug-likeness (QED) is 0.406. The van der Waals surface area contributed by atoms with Crippen LogP contribution in [0.1, 0.15) is 10.4 Å². The minimum atomic E-state index is -0.467. The van der Waals surface area contributed by atoms with Crippen molar-refractivity contribution in [1.82, 2.24) is 14.6 Å². The molecular formula is C20H13BrClN3O2. The lowest BCUT2D eigenvalue weighted by atomic mass is 10.1. The number of aromatic nitrogens is 3. The summed E-state index contributed by atoms with van der Waals surface area (Å²) in [5.74, 6) is 0.0101. The second-order valence-corrected chi connectivity index (χ2v) is 7.17. The predicted molar refractivity (Wildman–Crippen MR) is 108 cm³/mol. The first kappa shape index (κ1) is 17.7. The zero-order chi connectivity index (χ0) is 19.0. The smallest absolute Gasteiger partial charge is 0.341 e. The number of esters is 1. The van der Waals surface area contributed by atoms with Crippen LogP contribution in [0.4, 0.5) is 0 Å². The molecule has 5 nitrogen and oxygen atoms in total. The van der Waals surface area contributed by atoms with Gasteiger partial charge in [-0.15, -0.1) is 5.10 Å². The fourth-order valence-electron chi connectivity index (χ4n) is 2.85. The van der Waals surface area contributed by atoms with Gasteiger partial charge in [-0.1, -0.05) is 51.8 Å². The van der Waals surface area contributed by atoms with Crippen molar-refractivity contribution in [2.45, 2.75) is 0 Å². The largest absolute Gasteiger partial charge is 0.465 e. The van der Waals surface area contributed by atoms with Gasteiger partial charge in [-0.2, -0.15) is 0 Å². The van der Waals surface area contributed by atoms with E-state index in [4.69, 9.17) is 16.3 Å². The van der Waals surface area contributed by atoms with Crippen LogP contribution in [0.3, 0.4) is 0 Å². The molecule has 0 N–H and O–H groups in total. The van der Waals surface area contributed by atoms with Gasteiger partial charge in [0, 0.05) is 20.6 Å². The molecule has 7 heteroatoms. The molecule has 0 saturated heterocycles. The second-order valence-electron chi connectivity index (χ2n) is 5.82. The van der Waals surface area contributed by atoms with Crippen molar-refractivity contribution in [3.63, 3.8) is 0 Å². The molecule has 0 fully saturated rings. The molecule has 0 unspecified atom stereocenters. The molecule has 0 aliphatic heterocycles. The highest BCUT2D eigenvalue weighted by atomic mass is 79.9. The Morgan fingerprint density at radius 1 is 1.07 bits per heavy atom. The first-order valence-corrected chi connectivity index (χ1v) is 9.24. The number of nitrogens with zero attached hydrogens (tertiary/aromatic N) is 3. The first-order chi connectivity index (χ1) is 13.1. The lowest BCUT2D eigenvalue weighted by Gasteiger charge is -2.07. The maximum Gasteiger partial charge on any atom is 0.341 e. The number of carbonyl (C=O) groups is 1. The number of carbonyl (C=O) groups excluding carboxylic acids is 1. The van der Waals surface area contributed by atoms with E-state index in [1.165, 1.54) is 7.11 Å². The van der Waals surface area contributed by atoms with Gasteiger partial charge in [0.1, 0.15) is 5.56 Å². The summed E-state index contributed by atoms with van der Waals surface area (Å²) in [6.07, 6.45) is 0. The molecule has 0 aliphatic carbocycles. The standard InChI is InChI=1S/C20H13BrClN3O2/c1-27-20(26)16-8-9-17(12-4-2-6-14(21)10-12)25-19(16)23-18(24-25)13-5-3-7-15(22)11-13/h2-11H,1H3. The fraction of sp³-hybridized carbons (Fsp3) is 0.0500. The van der Waals surface area contributed by atoms with Crippen molar-refractivity contribution in [2.24, 2.45) is 0 Å². The Morgan fingerprint density at radius 3 is 2.59 bits per heavy atom. The average Bonchev–Trinajstić information content (AvgIpc) is 3.12. The zero-order valence-corrected chi connectivity index (χ0v) is 16.5. The number of halogens is 2. The minimum absolute atomic E-state index is 0.344. The molecule has 0 aliphatic rings. The molecule has 0 spiro atoms. The minimum Gasteiger partial charge on any atom is -0.465 e. The van der Waals surface area contributed by atoms with Crippen LogP contribution >= 0.6 is 27.5 Å². The van der Waals surface area contributed by atoms with E-state index in [0.717, 1.165) is 21.3 Å². The summed E-state index contributed by atoms with van der Waals surface area (Å²) in [6.45, 7) is 0. The van der Waals surface area contributed by atoms with Crippen LogP contribution in [0.5, 0.6) is 0 Å². The molecule has 0 bridgehead atoms. The lowest BCUT2D eigenvalue weighted by Crippen LogP contribution is -2.06. The van der Waals surface area contributed by atoms with Gasteiger partial charge in [-0.25, -0.2) is 14.3 Å². The third kappa shape index (κ3) is 3.34. The van der Waals surface area contributed by atoms with Crippen molar-refractivity contribution in [1.29, 1.82) is 0 Å². The highest BCUT2D eigenvalue weighted by Gasteiger charge is 2.19. The van der Waals surface area contributed by atoms with Gasteiger partial charge in [0.05, 0.1) is 12.8 Å². The molecular weight excluding hydrogens is 430 g/mol. The Morgan fingerprint density at radius 2 is 1.85 bits per heavy atom. The van der Waals surface area contributed by atoms with E-state index in [1.54, 1.807) is 22.7 Å². The molecule has 4 rings (SSSR count). The number of ether oxygens (including phenoxy) is 1. The zero-order valence-electron chi connectivity index (χ0n) is 14.2. The summed E-state index contributed by atoms with van der Waals surface area (Å²) in [6, 6.07) is 18.6. The van der Waals surface area contributed by atoms with Crippen LogP contribution in [-0.4, -0.2) is 27.7 Å². The number of pyridine rings is 1. The Labute approximate surface area is 168 Å². The number of hydrogen-bond donors (Lipinski definition) is 0. The maximum absolute atomic E-state index is 12.2. The van der Waals surface area contributed by atoms with Gasteiger partial charge in [0.15, 0.2) is 11.5 Å². The fourth-order valence-corrected chi connectivity index (χ4v) is 3.44. The highest BCUT2D eigenvalue weighted by Crippen LogP contribution is 2.28. The first-order valence-electron chi connectivity index (χ1n) is 8.07. The molecule has 2 aromatic carbocycles. The molecule has 4 aromatic rings. The van der Waals surface area contributed by atoms with Gasteiger partial charge < -0.3 is 4.74 Å². The van der Waals surface area contributed by atoms with E-state index in [9.17, 15) is 4.79 Å². The van der Waals surface area contributed by atoms with Crippen LogP contribution in [0.25, 0.3) is 28.3 Å².